The number of aromatic amines is 1. The van der Waals surface area contributed by atoms with Crippen LogP contribution in [0.15, 0.2) is 36.4 Å². The summed E-state index contributed by atoms with van der Waals surface area (Å²) in [6.45, 7) is 1.01. The number of nitrogens with zero attached hydrogens (tertiary/aromatic N) is 1. The first-order valence-electron chi connectivity index (χ1n) is 11.2. The molecule has 2 aliphatic heterocycles. The zero-order valence-corrected chi connectivity index (χ0v) is 17.4. The monoisotopic (exact) mass is 423 g/mol. The standard InChI is InChI=1S/C26H21N3O3/c30-12-4-8-13-5-1-9-15-17-19-20(26(32)28-25(19)31)18-16-10-2-6-14-7-3-11-29(23(14)16)24(18)22(17)27-21(13)15/h1-2,5-6,9-10,27,30H,3-4,7-8,11-12H2,(H,28,31,32). The number of rotatable bonds is 3. The molecule has 6 nitrogen and oxygen atoms in total. The quantitative estimate of drug-likeness (QED) is 0.381. The molecule has 7 rings (SSSR count). The van der Waals surface area contributed by atoms with E-state index >= 15 is 0 Å². The maximum absolute atomic E-state index is 13.1. The number of benzene rings is 3. The number of fused-ring (bicyclic) bond motifs is 10. The topological polar surface area (TPSA) is 87.1 Å². The van der Waals surface area contributed by atoms with E-state index in [4.69, 9.17) is 0 Å². The predicted octanol–water partition coefficient (Wildman–Crippen LogP) is 4.18. The summed E-state index contributed by atoms with van der Waals surface area (Å²) < 4.78 is 2.34. The van der Waals surface area contributed by atoms with Crippen LogP contribution in [0.1, 0.15) is 44.7 Å². The summed E-state index contributed by atoms with van der Waals surface area (Å²) in [5.41, 5.74) is 7.45. The first kappa shape index (κ1) is 18.0. The molecule has 0 spiro atoms. The normalized spacial score (nSPS) is 15.4. The van der Waals surface area contributed by atoms with Crippen molar-refractivity contribution in [2.45, 2.75) is 32.2 Å². The second-order valence-electron chi connectivity index (χ2n) is 8.87. The number of aliphatic hydroxyl groups is 1. The Labute approximate surface area is 182 Å². The van der Waals surface area contributed by atoms with Gasteiger partial charge in [-0.25, -0.2) is 0 Å². The molecule has 2 aliphatic rings. The molecule has 3 N–H and O–H groups in total. The minimum absolute atomic E-state index is 0.129. The summed E-state index contributed by atoms with van der Waals surface area (Å²) in [6.07, 6.45) is 3.47. The fraction of sp³-hybridized carbons (Fsp3) is 0.231. The summed E-state index contributed by atoms with van der Waals surface area (Å²) in [7, 11) is 0. The summed E-state index contributed by atoms with van der Waals surface area (Å²) in [5.74, 6) is -0.642. The molecular formula is C26H21N3O3. The number of carbonyl (C=O) groups excluding carboxylic acids is 2. The highest BCUT2D eigenvalue weighted by molar-refractivity contribution is 6.39. The van der Waals surface area contributed by atoms with Crippen molar-refractivity contribution in [1.82, 2.24) is 14.9 Å². The highest BCUT2D eigenvalue weighted by Crippen LogP contribution is 2.45. The number of para-hydroxylation sites is 2. The zero-order valence-electron chi connectivity index (χ0n) is 17.4. The molecule has 0 saturated heterocycles. The SMILES string of the molecule is O=C1NC(=O)c2c1c1c3cccc(CCCO)c3[nH]c1c1c2c2cccc3c2n1CCC3. The number of aromatic nitrogens is 2. The van der Waals surface area contributed by atoms with Gasteiger partial charge >= 0.3 is 0 Å². The zero-order chi connectivity index (χ0) is 21.6. The van der Waals surface area contributed by atoms with Crippen molar-refractivity contribution in [2.75, 3.05) is 6.61 Å². The molecule has 0 bridgehead atoms. The molecule has 0 fully saturated rings. The number of carbonyl (C=O) groups is 2. The van der Waals surface area contributed by atoms with Crippen molar-refractivity contribution >= 4 is 55.4 Å². The molecule has 3 aromatic carbocycles. The number of hydrogen-bond donors (Lipinski definition) is 3. The van der Waals surface area contributed by atoms with E-state index in [0.717, 1.165) is 69.5 Å². The first-order valence-corrected chi connectivity index (χ1v) is 11.2. The molecule has 0 radical (unpaired) electrons. The van der Waals surface area contributed by atoms with Crippen LogP contribution < -0.4 is 5.32 Å². The Morgan fingerprint density at radius 3 is 2.53 bits per heavy atom. The smallest absolute Gasteiger partial charge is 0.259 e. The molecule has 0 unspecified atom stereocenters. The van der Waals surface area contributed by atoms with Gasteiger partial charge in [0.2, 0.25) is 0 Å². The summed E-state index contributed by atoms with van der Waals surface area (Å²) in [6, 6.07) is 12.4. The van der Waals surface area contributed by atoms with Crippen LogP contribution in [0.25, 0.3) is 43.6 Å². The number of imide groups is 1. The van der Waals surface area contributed by atoms with Gasteiger partial charge in [0.1, 0.15) is 0 Å². The molecule has 0 saturated carbocycles. The number of aryl methyl sites for hydroxylation is 3. The van der Waals surface area contributed by atoms with Crippen molar-refractivity contribution in [1.29, 1.82) is 0 Å². The van der Waals surface area contributed by atoms with Crippen LogP contribution in [0, 0.1) is 0 Å². The number of hydrogen-bond acceptors (Lipinski definition) is 3. The molecule has 5 aromatic rings. The summed E-state index contributed by atoms with van der Waals surface area (Å²) in [5, 5.41) is 15.6. The van der Waals surface area contributed by atoms with Crippen molar-refractivity contribution in [3.63, 3.8) is 0 Å². The van der Waals surface area contributed by atoms with E-state index < -0.39 is 0 Å². The Balaban J connectivity index is 1.77. The lowest BCUT2D eigenvalue weighted by Crippen LogP contribution is -2.20. The van der Waals surface area contributed by atoms with E-state index in [1.165, 1.54) is 11.1 Å². The lowest BCUT2D eigenvalue weighted by atomic mass is 9.95. The fourth-order valence-corrected chi connectivity index (χ4v) is 5.98. The second kappa shape index (κ2) is 6.20. The Hall–Kier alpha value is -3.64. The van der Waals surface area contributed by atoms with Crippen molar-refractivity contribution in [3.8, 4) is 0 Å². The minimum Gasteiger partial charge on any atom is -0.396 e. The Morgan fingerprint density at radius 2 is 1.69 bits per heavy atom. The molecule has 0 aliphatic carbocycles. The average Bonchev–Trinajstić information content (AvgIpc) is 3.44. The summed E-state index contributed by atoms with van der Waals surface area (Å²) in [4.78, 5) is 29.7. The van der Waals surface area contributed by atoms with Crippen LogP contribution in [0.4, 0.5) is 0 Å². The van der Waals surface area contributed by atoms with E-state index in [1.807, 2.05) is 12.1 Å². The largest absolute Gasteiger partial charge is 0.396 e. The van der Waals surface area contributed by atoms with Crippen LogP contribution in [0.2, 0.25) is 0 Å². The van der Waals surface area contributed by atoms with Gasteiger partial charge in [0, 0.05) is 40.2 Å². The van der Waals surface area contributed by atoms with Gasteiger partial charge in [-0.05, 0) is 36.8 Å². The number of aliphatic hydroxyl groups excluding tert-OH is 1. The number of nitrogens with one attached hydrogen (secondary N) is 2. The van der Waals surface area contributed by atoms with E-state index in [-0.39, 0.29) is 18.4 Å². The van der Waals surface area contributed by atoms with E-state index in [9.17, 15) is 14.7 Å². The molecular weight excluding hydrogens is 402 g/mol. The number of H-pyrrole nitrogens is 1. The van der Waals surface area contributed by atoms with Gasteiger partial charge in [-0.15, -0.1) is 0 Å². The maximum atomic E-state index is 13.1. The molecule has 2 amide bonds. The van der Waals surface area contributed by atoms with Crippen LogP contribution in [-0.2, 0) is 19.4 Å². The highest BCUT2D eigenvalue weighted by atomic mass is 16.3. The fourth-order valence-electron chi connectivity index (χ4n) is 5.98. The van der Waals surface area contributed by atoms with E-state index in [2.05, 4.69) is 39.1 Å². The Bertz CT molecular complexity index is 1650. The number of amides is 2. The van der Waals surface area contributed by atoms with Gasteiger partial charge in [-0.3, -0.25) is 14.9 Å². The Kier molecular flexibility index (Phi) is 3.49. The third kappa shape index (κ3) is 2.08. The minimum atomic E-state index is -0.328. The van der Waals surface area contributed by atoms with Gasteiger partial charge in [0.25, 0.3) is 11.8 Å². The third-order valence-electron chi connectivity index (χ3n) is 7.19. The molecule has 0 atom stereocenters. The molecule has 32 heavy (non-hydrogen) atoms. The van der Waals surface area contributed by atoms with Gasteiger partial charge in [0.05, 0.1) is 27.7 Å². The Morgan fingerprint density at radius 1 is 0.906 bits per heavy atom. The van der Waals surface area contributed by atoms with Gasteiger partial charge in [0.15, 0.2) is 0 Å². The molecule has 4 heterocycles. The van der Waals surface area contributed by atoms with Crippen molar-refractivity contribution in [2.24, 2.45) is 0 Å². The van der Waals surface area contributed by atoms with Crippen LogP contribution in [0.3, 0.4) is 0 Å². The highest BCUT2D eigenvalue weighted by Gasteiger charge is 2.36. The second-order valence-corrected chi connectivity index (χ2v) is 8.87. The lowest BCUT2D eigenvalue weighted by Gasteiger charge is -2.16. The molecule has 158 valence electrons. The van der Waals surface area contributed by atoms with Crippen molar-refractivity contribution in [3.05, 3.63) is 58.7 Å². The van der Waals surface area contributed by atoms with Gasteiger partial charge in [-0.1, -0.05) is 36.4 Å². The molecule has 2 aromatic heterocycles. The lowest BCUT2D eigenvalue weighted by molar-refractivity contribution is 0.0880. The van der Waals surface area contributed by atoms with Gasteiger partial charge < -0.3 is 14.7 Å². The molecule has 6 heteroatoms. The van der Waals surface area contributed by atoms with Gasteiger partial charge in [-0.2, -0.15) is 0 Å². The van der Waals surface area contributed by atoms with Crippen molar-refractivity contribution < 1.29 is 14.7 Å². The average molecular weight is 423 g/mol. The maximum Gasteiger partial charge on any atom is 0.259 e. The summed E-state index contributed by atoms with van der Waals surface area (Å²) >= 11 is 0. The predicted molar refractivity (Wildman–Crippen MR) is 124 cm³/mol. The first-order chi connectivity index (χ1) is 15.7. The third-order valence-corrected chi connectivity index (χ3v) is 7.19. The van der Waals surface area contributed by atoms with E-state index in [0.29, 0.717) is 17.5 Å². The van der Waals surface area contributed by atoms with Crippen LogP contribution >= 0.6 is 0 Å². The van der Waals surface area contributed by atoms with Crippen LogP contribution in [-0.4, -0.2) is 33.1 Å². The van der Waals surface area contributed by atoms with E-state index in [1.54, 1.807) is 0 Å². The van der Waals surface area contributed by atoms with Crippen LogP contribution in [0.5, 0.6) is 0 Å².